The van der Waals surface area contributed by atoms with Crippen LogP contribution >= 0.6 is 10.7 Å². The Balaban J connectivity index is 3.25. The van der Waals surface area contributed by atoms with Crippen molar-refractivity contribution in [3.05, 3.63) is 34.9 Å². The lowest BCUT2D eigenvalue weighted by molar-refractivity contribution is -0.138. The fourth-order valence-corrected chi connectivity index (χ4v) is 2.37. The van der Waals surface area contributed by atoms with E-state index in [9.17, 15) is 21.6 Å². The highest BCUT2D eigenvalue weighted by atomic mass is 35.7. The molecule has 90 valence electrons. The molecule has 16 heavy (non-hydrogen) atoms. The zero-order valence-electron chi connectivity index (χ0n) is 8.18. The maximum absolute atomic E-state index is 12.5. The molecule has 0 spiro atoms. The molecule has 7 heteroatoms. The Morgan fingerprint density at radius 1 is 1.31 bits per heavy atom. The minimum atomic E-state index is -4.49. The highest BCUT2D eigenvalue weighted by Crippen LogP contribution is 2.33. The van der Waals surface area contributed by atoms with Gasteiger partial charge >= 0.3 is 6.18 Å². The van der Waals surface area contributed by atoms with E-state index in [2.05, 4.69) is 0 Å². The molecular weight excluding hydrogens is 265 g/mol. The van der Waals surface area contributed by atoms with E-state index < -0.39 is 26.5 Å². The summed E-state index contributed by atoms with van der Waals surface area (Å²) in [6, 6.07) is 3.37. The van der Waals surface area contributed by atoms with Gasteiger partial charge in [0, 0.05) is 10.7 Å². The average Bonchev–Trinajstić information content (AvgIpc) is 2.04. The molecule has 1 aromatic rings. The van der Waals surface area contributed by atoms with Crippen molar-refractivity contribution in [2.24, 2.45) is 0 Å². The van der Waals surface area contributed by atoms with Crippen molar-refractivity contribution >= 4 is 19.7 Å². The first-order valence-electron chi connectivity index (χ1n) is 4.19. The molecule has 0 fully saturated rings. The first-order chi connectivity index (χ1) is 7.11. The van der Waals surface area contributed by atoms with Crippen LogP contribution in [-0.4, -0.2) is 8.42 Å². The van der Waals surface area contributed by atoms with Crippen LogP contribution in [0.1, 0.15) is 16.7 Å². The molecule has 0 aromatic heterocycles. The van der Waals surface area contributed by atoms with Crippen LogP contribution in [0, 0.1) is 6.92 Å². The Bertz CT molecular complexity index is 494. The van der Waals surface area contributed by atoms with E-state index in [4.69, 9.17) is 10.7 Å². The summed E-state index contributed by atoms with van der Waals surface area (Å²) in [5.41, 5.74) is -0.894. The molecule has 0 aliphatic carbocycles. The maximum atomic E-state index is 12.5. The van der Waals surface area contributed by atoms with E-state index in [1.165, 1.54) is 13.0 Å². The minimum absolute atomic E-state index is 0.0600. The average molecular weight is 273 g/mol. The molecule has 0 unspecified atom stereocenters. The summed E-state index contributed by atoms with van der Waals surface area (Å²) in [6.45, 7) is 1.22. The summed E-state index contributed by atoms with van der Waals surface area (Å²) in [6.07, 6.45) is -4.49. The molecule has 0 atom stereocenters. The molecule has 1 rings (SSSR count). The Morgan fingerprint density at radius 2 is 1.88 bits per heavy atom. The summed E-state index contributed by atoms with van der Waals surface area (Å²) in [5, 5.41) is 0. The van der Waals surface area contributed by atoms with Gasteiger partial charge in [-0.3, -0.25) is 0 Å². The predicted molar refractivity (Wildman–Crippen MR) is 54.7 cm³/mol. The van der Waals surface area contributed by atoms with Gasteiger partial charge in [-0.1, -0.05) is 12.1 Å². The summed E-state index contributed by atoms with van der Waals surface area (Å²) in [5.74, 6) is -0.607. The highest BCUT2D eigenvalue weighted by molar-refractivity contribution is 8.13. The Morgan fingerprint density at radius 3 is 2.31 bits per heavy atom. The zero-order chi connectivity index (χ0) is 12.6. The fourth-order valence-electron chi connectivity index (χ4n) is 1.33. The lowest BCUT2D eigenvalue weighted by atomic mass is 10.0. The van der Waals surface area contributed by atoms with Crippen molar-refractivity contribution in [2.75, 3.05) is 0 Å². The summed E-state index contributed by atoms with van der Waals surface area (Å²) in [7, 11) is 1.14. The third-order valence-corrected chi connectivity index (χ3v) is 3.06. The van der Waals surface area contributed by atoms with Gasteiger partial charge in [0.15, 0.2) is 0 Å². The van der Waals surface area contributed by atoms with Crippen molar-refractivity contribution in [3.8, 4) is 0 Å². The van der Waals surface area contributed by atoms with Crippen LogP contribution < -0.4 is 0 Å². The number of benzene rings is 1. The molecule has 0 saturated carbocycles. The molecule has 0 bridgehead atoms. The zero-order valence-corrected chi connectivity index (χ0v) is 9.75. The first-order valence-corrected chi connectivity index (χ1v) is 6.67. The lowest BCUT2D eigenvalue weighted by Crippen LogP contribution is -2.10. The predicted octanol–water partition coefficient (Wildman–Crippen LogP) is 3.08. The van der Waals surface area contributed by atoms with Crippen molar-refractivity contribution in [2.45, 2.75) is 18.9 Å². The molecule has 0 saturated heterocycles. The van der Waals surface area contributed by atoms with E-state index in [0.717, 1.165) is 12.1 Å². The topological polar surface area (TPSA) is 34.1 Å². The third-order valence-electron chi connectivity index (χ3n) is 2.08. The molecule has 0 radical (unpaired) electrons. The van der Waals surface area contributed by atoms with Crippen LogP contribution in [0.3, 0.4) is 0 Å². The van der Waals surface area contributed by atoms with Gasteiger partial charge in [-0.2, -0.15) is 13.2 Å². The Labute approximate surface area is 95.5 Å². The van der Waals surface area contributed by atoms with E-state index >= 15 is 0 Å². The van der Waals surface area contributed by atoms with Gasteiger partial charge in [-0.15, -0.1) is 0 Å². The van der Waals surface area contributed by atoms with E-state index in [1.807, 2.05) is 0 Å². The quantitative estimate of drug-likeness (QED) is 0.776. The molecule has 2 nitrogen and oxygen atoms in total. The van der Waals surface area contributed by atoms with E-state index in [1.54, 1.807) is 0 Å². The molecule has 1 aromatic carbocycles. The largest absolute Gasteiger partial charge is 0.416 e. The molecule has 0 aliphatic heterocycles. The Kier molecular flexibility index (Phi) is 3.54. The van der Waals surface area contributed by atoms with E-state index in [-0.39, 0.29) is 11.1 Å². The minimum Gasteiger partial charge on any atom is -0.212 e. The van der Waals surface area contributed by atoms with Crippen LogP contribution in [0.5, 0.6) is 0 Å². The van der Waals surface area contributed by atoms with Crippen LogP contribution in [0.25, 0.3) is 0 Å². The van der Waals surface area contributed by atoms with Crippen LogP contribution in [0.15, 0.2) is 18.2 Å². The molecule has 0 heterocycles. The van der Waals surface area contributed by atoms with Gasteiger partial charge in [0.2, 0.25) is 9.05 Å². The molecule has 0 aliphatic rings. The first kappa shape index (κ1) is 13.3. The standard InChI is InChI=1S/C9H8ClF3O2S/c1-6-7(5-16(10,14)15)3-2-4-8(6)9(11,12)13/h2-4H,5H2,1H3. The normalized spacial score (nSPS) is 12.8. The van der Waals surface area contributed by atoms with Gasteiger partial charge in [0.25, 0.3) is 0 Å². The second-order valence-electron chi connectivity index (χ2n) is 3.27. The number of alkyl halides is 3. The smallest absolute Gasteiger partial charge is 0.212 e. The highest BCUT2D eigenvalue weighted by Gasteiger charge is 2.33. The van der Waals surface area contributed by atoms with Gasteiger partial charge in [-0.25, -0.2) is 8.42 Å². The SMILES string of the molecule is Cc1c(CS(=O)(=O)Cl)cccc1C(F)(F)F. The number of hydrogen-bond donors (Lipinski definition) is 0. The van der Waals surface area contributed by atoms with Crippen LogP contribution in [-0.2, 0) is 21.0 Å². The second-order valence-corrected chi connectivity index (χ2v) is 6.05. The fraction of sp³-hybridized carbons (Fsp3) is 0.333. The van der Waals surface area contributed by atoms with Gasteiger partial charge in [-0.05, 0) is 24.1 Å². The second kappa shape index (κ2) is 4.25. The van der Waals surface area contributed by atoms with Crippen LogP contribution in [0.4, 0.5) is 13.2 Å². The van der Waals surface area contributed by atoms with E-state index in [0.29, 0.717) is 0 Å². The van der Waals surface area contributed by atoms with Crippen molar-refractivity contribution in [1.29, 1.82) is 0 Å². The maximum Gasteiger partial charge on any atom is 0.416 e. The van der Waals surface area contributed by atoms with Crippen LogP contribution in [0.2, 0.25) is 0 Å². The summed E-state index contributed by atoms with van der Waals surface area (Å²) in [4.78, 5) is 0. The third kappa shape index (κ3) is 3.38. The van der Waals surface area contributed by atoms with Crippen molar-refractivity contribution < 1.29 is 21.6 Å². The number of halogens is 4. The summed E-state index contributed by atoms with van der Waals surface area (Å²) >= 11 is 0. The lowest BCUT2D eigenvalue weighted by Gasteiger charge is -2.12. The number of rotatable bonds is 2. The molecule has 0 N–H and O–H groups in total. The van der Waals surface area contributed by atoms with Crippen molar-refractivity contribution in [1.82, 2.24) is 0 Å². The summed E-state index contributed by atoms with van der Waals surface area (Å²) < 4.78 is 59.0. The molecule has 0 amide bonds. The molecular formula is C9H8ClF3O2S. The monoisotopic (exact) mass is 272 g/mol. The number of hydrogen-bond acceptors (Lipinski definition) is 2. The van der Waals surface area contributed by atoms with Gasteiger partial charge in [0.1, 0.15) is 0 Å². The van der Waals surface area contributed by atoms with Gasteiger partial charge < -0.3 is 0 Å². The van der Waals surface area contributed by atoms with Gasteiger partial charge in [0.05, 0.1) is 11.3 Å². The Hall–Kier alpha value is -0.750. The van der Waals surface area contributed by atoms with Crippen molar-refractivity contribution in [3.63, 3.8) is 0 Å².